The van der Waals surface area contributed by atoms with Crippen molar-refractivity contribution in [3.8, 4) is 5.75 Å². The van der Waals surface area contributed by atoms with Gasteiger partial charge >= 0.3 is 5.97 Å². The number of ether oxygens (including phenoxy) is 1. The van der Waals surface area contributed by atoms with Gasteiger partial charge in [0.2, 0.25) is 5.13 Å². The van der Waals surface area contributed by atoms with Crippen LogP contribution in [0.3, 0.4) is 0 Å². The Morgan fingerprint density at radius 1 is 1.48 bits per heavy atom. The zero-order valence-electron chi connectivity index (χ0n) is 13.1. The number of phenols is 1. The van der Waals surface area contributed by atoms with Crippen molar-refractivity contribution in [1.82, 2.24) is 4.98 Å². The summed E-state index contributed by atoms with van der Waals surface area (Å²) in [6.07, 6.45) is 2.58. The molecule has 2 rings (SSSR count). The molecule has 0 spiro atoms. The van der Waals surface area contributed by atoms with E-state index in [4.69, 9.17) is 4.74 Å². The van der Waals surface area contributed by atoms with Crippen LogP contribution in [0.25, 0.3) is 0 Å². The summed E-state index contributed by atoms with van der Waals surface area (Å²) in [5.41, 5.74) is 5.20. The number of thiazole rings is 1. The average Bonchev–Trinajstić information content (AvgIpc) is 2.96. The van der Waals surface area contributed by atoms with Crippen LogP contribution in [0.2, 0.25) is 0 Å². The van der Waals surface area contributed by atoms with Crippen molar-refractivity contribution < 1.29 is 14.6 Å². The third kappa shape index (κ3) is 5.07. The highest BCUT2D eigenvalue weighted by molar-refractivity contribution is 7.13. The maximum atomic E-state index is 11.4. The molecular weight excluding hydrogens is 314 g/mol. The highest BCUT2D eigenvalue weighted by atomic mass is 32.1. The summed E-state index contributed by atoms with van der Waals surface area (Å²) in [7, 11) is 0. The van der Waals surface area contributed by atoms with Crippen LogP contribution in [0, 0.1) is 0 Å². The van der Waals surface area contributed by atoms with E-state index >= 15 is 0 Å². The molecule has 1 aromatic heterocycles. The molecule has 0 atom stereocenters. The number of phenolic OH excluding ortho intramolecular Hbond substituents is 1. The number of nitrogens with zero attached hydrogens (tertiary/aromatic N) is 2. The molecule has 0 amide bonds. The van der Waals surface area contributed by atoms with Crippen LogP contribution in [-0.2, 0) is 22.4 Å². The fourth-order valence-corrected chi connectivity index (χ4v) is 2.54. The number of aryl methyl sites for hydroxylation is 1. The smallest absolute Gasteiger partial charge is 0.311 e. The average molecular weight is 333 g/mol. The third-order valence-corrected chi connectivity index (χ3v) is 3.84. The van der Waals surface area contributed by atoms with E-state index in [0.717, 1.165) is 12.0 Å². The van der Waals surface area contributed by atoms with Gasteiger partial charge in [0, 0.05) is 10.9 Å². The van der Waals surface area contributed by atoms with Crippen molar-refractivity contribution in [1.29, 1.82) is 0 Å². The van der Waals surface area contributed by atoms with Gasteiger partial charge in [0.05, 0.1) is 24.9 Å². The minimum absolute atomic E-state index is 0.148. The summed E-state index contributed by atoms with van der Waals surface area (Å²) in [4.78, 5) is 15.6. The second-order valence-electron chi connectivity index (χ2n) is 4.74. The van der Waals surface area contributed by atoms with Gasteiger partial charge in [-0.3, -0.25) is 10.2 Å². The monoisotopic (exact) mass is 333 g/mol. The fraction of sp³-hybridized carbons (Fsp3) is 0.312. The molecule has 0 saturated heterocycles. The van der Waals surface area contributed by atoms with Crippen LogP contribution in [-0.4, -0.2) is 28.9 Å². The quantitative estimate of drug-likeness (QED) is 0.462. The largest absolute Gasteiger partial charge is 0.507 e. The van der Waals surface area contributed by atoms with Crippen LogP contribution >= 0.6 is 11.3 Å². The van der Waals surface area contributed by atoms with Gasteiger partial charge < -0.3 is 9.84 Å². The van der Waals surface area contributed by atoms with E-state index in [0.29, 0.717) is 23.0 Å². The first-order valence-electron chi connectivity index (χ1n) is 7.33. The molecule has 0 bridgehead atoms. The number of carbonyl (C=O) groups excluding carboxylic acids is 1. The lowest BCUT2D eigenvalue weighted by atomic mass is 10.1. The maximum Gasteiger partial charge on any atom is 0.311 e. The number of benzene rings is 1. The van der Waals surface area contributed by atoms with Crippen LogP contribution in [0.4, 0.5) is 5.13 Å². The second-order valence-corrected chi connectivity index (χ2v) is 5.60. The number of aromatic hydroxyl groups is 1. The van der Waals surface area contributed by atoms with Gasteiger partial charge in [-0.05, 0) is 31.0 Å². The van der Waals surface area contributed by atoms with Crippen molar-refractivity contribution in [3.05, 3.63) is 40.4 Å². The summed E-state index contributed by atoms with van der Waals surface area (Å²) in [6, 6.07) is 5.41. The molecule has 0 unspecified atom stereocenters. The third-order valence-electron chi connectivity index (χ3n) is 3.05. The van der Waals surface area contributed by atoms with Gasteiger partial charge in [0.1, 0.15) is 5.75 Å². The number of hydrogen-bond acceptors (Lipinski definition) is 7. The van der Waals surface area contributed by atoms with E-state index < -0.39 is 0 Å². The fourth-order valence-electron chi connectivity index (χ4n) is 1.88. The molecule has 0 aliphatic carbocycles. The molecule has 1 aromatic carbocycles. The first-order chi connectivity index (χ1) is 11.1. The summed E-state index contributed by atoms with van der Waals surface area (Å²) < 4.78 is 4.88. The van der Waals surface area contributed by atoms with Crippen molar-refractivity contribution in [3.63, 3.8) is 0 Å². The molecule has 2 N–H and O–H groups in total. The Bertz CT molecular complexity index is 698. The number of rotatable bonds is 7. The highest BCUT2D eigenvalue weighted by Crippen LogP contribution is 2.18. The van der Waals surface area contributed by atoms with Crippen LogP contribution in [0.15, 0.2) is 28.7 Å². The Kier molecular flexibility index (Phi) is 6.10. The molecule has 0 aliphatic rings. The first-order valence-corrected chi connectivity index (χ1v) is 8.21. The number of aromatic nitrogens is 1. The highest BCUT2D eigenvalue weighted by Gasteiger charge is 2.08. The molecule has 122 valence electrons. The topological polar surface area (TPSA) is 83.8 Å². The summed E-state index contributed by atoms with van der Waals surface area (Å²) in [6.45, 7) is 4.18. The lowest BCUT2D eigenvalue weighted by molar-refractivity contribution is -0.142. The van der Waals surface area contributed by atoms with Crippen molar-refractivity contribution in [2.24, 2.45) is 5.10 Å². The van der Waals surface area contributed by atoms with Gasteiger partial charge in [-0.15, -0.1) is 11.3 Å². The number of nitrogens with one attached hydrogen (secondary N) is 1. The number of carbonyl (C=O) groups is 1. The zero-order valence-corrected chi connectivity index (χ0v) is 13.9. The van der Waals surface area contributed by atoms with Gasteiger partial charge in [-0.25, -0.2) is 4.98 Å². The molecule has 0 fully saturated rings. The molecular formula is C16H19N3O3S. The van der Waals surface area contributed by atoms with E-state index in [1.54, 1.807) is 24.6 Å². The molecule has 6 nitrogen and oxygen atoms in total. The molecule has 23 heavy (non-hydrogen) atoms. The van der Waals surface area contributed by atoms with Crippen LogP contribution in [0.1, 0.15) is 30.7 Å². The Hall–Kier alpha value is -2.41. The Labute approximate surface area is 138 Å². The predicted molar refractivity (Wildman–Crippen MR) is 91.2 cm³/mol. The summed E-state index contributed by atoms with van der Waals surface area (Å²) >= 11 is 1.35. The Morgan fingerprint density at radius 3 is 3.04 bits per heavy atom. The standard InChI is InChI=1S/C16H19N3O3S/c1-3-11-5-6-14(20)12(7-11)9-17-19-16-18-13(10-23-16)8-15(21)22-4-2/h5-7,9-10,20H,3-4,8H2,1-2H3,(H,18,19). The predicted octanol–water partition coefficient (Wildman–Crippen LogP) is 2.96. The SMILES string of the molecule is CCOC(=O)Cc1csc(NN=Cc2cc(CC)ccc2O)n1. The van der Waals surface area contributed by atoms with Gasteiger partial charge in [0.25, 0.3) is 0 Å². The van der Waals surface area contributed by atoms with Gasteiger partial charge in [0.15, 0.2) is 0 Å². The molecule has 1 heterocycles. The normalized spacial score (nSPS) is 10.9. The first kappa shape index (κ1) is 17.0. The van der Waals surface area contributed by atoms with Crippen molar-refractivity contribution in [2.75, 3.05) is 12.0 Å². The number of esters is 1. The van der Waals surface area contributed by atoms with Crippen LogP contribution in [0.5, 0.6) is 5.75 Å². The van der Waals surface area contributed by atoms with E-state index in [2.05, 4.69) is 15.5 Å². The molecule has 7 heteroatoms. The van der Waals surface area contributed by atoms with E-state index in [1.807, 2.05) is 19.1 Å². The van der Waals surface area contributed by atoms with Gasteiger partial charge in [-0.1, -0.05) is 13.0 Å². The van der Waals surface area contributed by atoms with E-state index in [-0.39, 0.29) is 18.1 Å². The molecule has 0 radical (unpaired) electrons. The molecule has 2 aromatic rings. The van der Waals surface area contributed by atoms with Gasteiger partial charge in [-0.2, -0.15) is 5.10 Å². The number of hydrogen-bond donors (Lipinski definition) is 2. The summed E-state index contributed by atoms with van der Waals surface area (Å²) in [5, 5.41) is 16.2. The lowest BCUT2D eigenvalue weighted by Crippen LogP contribution is -2.07. The van der Waals surface area contributed by atoms with E-state index in [9.17, 15) is 9.90 Å². The Balaban J connectivity index is 1.96. The molecule has 0 aliphatic heterocycles. The van der Waals surface area contributed by atoms with Crippen molar-refractivity contribution in [2.45, 2.75) is 26.7 Å². The number of hydrazone groups is 1. The summed E-state index contributed by atoms with van der Waals surface area (Å²) in [5.74, 6) is -0.121. The van der Waals surface area contributed by atoms with E-state index in [1.165, 1.54) is 11.3 Å². The van der Waals surface area contributed by atoms with Crippen molar-refractivity contribution >= 4 is 28.7 Å². The lowest BCUT2D eigenvalue weighted by Gasteiger charge is -2.02. The zero-order chi connectivity index (χ0) is 16.7. The minimum Gasteiger partial charge on any atom is -0.507 e. The second kappa shape index (κ2) is 8.28. The maximum absolute atomic E-state index is 11.4. The minimum atomic E-state index is -0.297. The number of anilines is 1. The van der Waals surface area contributed by atoms with Crippen LogP contribution < -0.4 is 5.43 Å². The molecule has 0 saturated carbocycles. The Morgan fingerprint density at radius 2 is 2.30 bits per heavy atom.